The van der Waals surface area contributed by atoms with E-state index < -0.39 is 17.0 Å². The van der Waals surface area contributed by atoms with Crippen LogP contribution in [0.5, 0.6) is 5.75 Å². The number of halogens is 2. The maximum Gasteiger partial charge on any atom is 0.293 e. The second kappa shape index (κ2) is 11.6. The highest BCUT2D eigenvalue weighted by Gasteiger charge is 2.36. The van der Waals surface area contributed by atoms with Gasteiger partial charge in [0.25, 0.3) is 11.1 Å². The van der Waals surface area contributed by atoms with Crippen LogP contribution in [-0.2, 0) is 17.9 Å². The maximum atomic E-state index is 14.3. The summed E-state index contributed by atoms with van der Waals surface area (Å²) < 4.78 is 20.4. The molecule has 36 heavy (non-hydrogen) atoms. The predicted molar refractivity (Wildman–Crippen MR) is 144 cm³/mol. The van der Waals surface area contributed by atoms with Crippen molar-refractivity contribution in [1.82, 2.24) is 4.90 Å². The second-order valence-electron chi connectivity index (χ2n) is 8.14. The van der Waals surface area contributed by atoms with Gasteiger partial charge in [0.2, 0.25) is 0 Å². The molecule has 1 heterocycles. The number of carbonyl (C=O) groups is 2. The molecule has 0 unspecified atom stereocenters. The van der Waals surface area contributed by atoms with E-state index in [1.807, 2.05) is 48.5 Å². The van der Waals surface area contributed by atoms with Crippen molar-refractivity contribution >= 4 is 46.3 Å². The average molecular weight is 525 g/mol. The molecule has 4 rings (SSSR count). The number of thioether (sulfide) groups is 1. The van der Waals surface area contributed by atoms with Gasteiger partial charge < -0.3 is 9.64 Å². The zero-order valence-corrected chi connectivity index (χ0v) is 21.6. The van der Waals surface area contributed by atoms with Gasteiger partial charge in [-0.3, -0.25) is 14.5 Å². The number of imide groups is 1. The first kappa shape index (κ1) is 25.8. The number of nitrogens with zero attached hydrogens (tertiary/aromatic N) is 2. The Hall–Kier alpha value is -3.29. The summed E-state index contributed by atoms with van der Waals surface area (Å²) >= 11 is 6.93. The lowest BCUT2D eigenvalue weighted by molar-refractivity contribution is -0.123. The number of amides is 2. The van der Waals surface area contributed by atoms with E-state index in [0.29, 0.717) is 17.9 Å². The molecule has 3 aromatic rings. The van der Waals surface area contributed by atoms with Crippen molar-refractivity contribution in [3.8, 4) is 5.75 Å². The molecular formula is C28H26ClFN2O3S. The fraction of sp³-hybridized carbons (Fsp3) is 0.214. The van der Waals surface area contributed by atoms with Crippen LogP contribution in [0.4, 0.5) is 14.9 Å². The molecule has 0 aromatic heterocycles. The van der Waals surface area contributed by atoms with Gasteiger partial charge in [-0.25, -0.2) is 4.39 Å². The van der Waals surface area contributed by atoms with Gasteiger partial charge in [0, 0.05) is 41.0 Å². The highest BCUT2D eigenvalue weighted by atomic mass is 35.5. The number of hydrogen-bond donors (Lipinski definition) is 0. The Morgan fingerprint density at radius 1 is 1.03 bits per heavy atom. The Labute approximate surface area is 219 Å². The molecule has 1 aliphatic heterocycles. The average Bonchev–Trinajstić information content (AvgIpc) is 3.14. The third kappa shape index (κ3) is 5.74. The fourth-order valence-corrected chi connectivity index (χ4v) is 4.96. The number of carbonyl (C=O) groups excluding carboxylic acids is 2. The van der Waals surface area contributed by atoms with E-state index in [9.17, 15) is 14.0 Å². The molecule has 0 N–H and O–H groups in total. The molecule has 0 atom stereocenters. The minimum Gasteiger partial charge on any atom is -0.488 e. The van der Waals surface area contributed by atoms with E-state index in [1.54, 1.807) is 6.08 Å². The van der Waals surface area contributed by atoms with E-state index in [2.05, 4.69) is 18.7 Å². The molecule has 0 aliphatic carbocycles. The quantitative estimate of drug-likeness (QED) is 0.278. The maximum absolute atomic E-state index is 14.3. The molecule has 5 nitrogen and oxygen atoms in total. The van der Waals surface area contributed by atoms with Crippen molar-refractivity contribution in [1.29, 1.82) is 0 Å². The first-order chi connectivity index (χ1) is 17.4. The van der Waals surface area contributed by atoms with E-state index in [-0.39, 0.29) is 22.0 Å². The lowest BCUT2D eigenvalue weighted by Crippen LogP contribution is -2.28. The van der Waals surface area contributed by atoms with Crippen LogP contribution < -0.4 is 9.64 Å². The fourth-order valence-electron chi connectivity index (χ4n) is 3.91. The summed E-state index contributed by atoms with van der Waals surface area (Å²) in [7, 11) is 0. The molecule has 0 bridgehead atoms. The predicted octanol–water partition coefficient (Wildman–Crippen LogP) is 7.14. The zero-order valence-electron chi connectivity index (χ0n) is 20.0. The van der Waals surface area contributed by atoms with Gasteiger partial charge in [0.1, 0.15) is 18.2 Å². The van der Waals surface area contributed by atoms with Crippen LogP contribution in [-0.4, -0.2) is 29.1 Å². The topological polar surface area (TPSA) is 49.9 Å². The highest BCUT2D eigenvalue weighted by Crippen LogP contribution is 2.37. The molecule has 3 aromatic carbocycles. The van der Waals surface area contributed by atoms with Gasteiger partial charge in [0.05, 0.1) is 11.4 Å². The third-order valence-electron chi connectivity index (χ3n) is 5.90. The summed E-state index contributed by atoms with van der Waals surface area (Å²) in [5, 5.41) is -0.307. The molecule has 186 valence electrons. The van der Waals surface area contributed by atoms with E-state index in [1.165, 1.54) is 18.2 Å². The molecule has 1 saturated heterocycles. The first-order valence-corrected chi connectivity index (χ1v) is 12.8. The molecule has 8 heteroatoms. The lowest BCUT2D eigenvalue weighted by atomic mass is 10.1. The summed E-state index contributed by atoms with van der Waals surface area (Å²) in [5.41, 5.74) is 2.80. The van der Waals surface area contributed by atoms with Crippen molar-refractivity contribution in [2.75, 3.05) is 18.0 Å². The van der Waals surface area contributed by atoms with E-state index >= 15 is 0 Å². The van der Waals surface area contributed by atoms with Gasteiger partial charge in [-0.2, -0.15) is 0 Å². The van der Waals surface area contributed by atoms with Crippen molar-refractivity contribution in [3.63, 3.8) is 0 Å². The van der Waals surface area contributed by atoms with E-state index in [4.69, 9.17) is 16.3 Å². The molecular weight excluding hydrogens is 499 g/mol. The van der Waals surface area contributed by atoms with Gasteiger partial charge in [-0.15, -0.1) is 0 Å². The minimum atomic E-state index is -0.561. The van der Waals surface area contributed by atoms with Crippen LogP contribution in [0.25, 0.3) is 6.08 Å². The van der Waals surface area contributed by atoms with Crippen LogP contribution in [0.15, 0.2) is 71.6 Å². The Bertz CT molecular complexity index is 1270. The first-order valence-electron chi connectivity index (χ1n) is 11.6. The third-order valence-corrected chi connectivity index (χ3v) is 7.16. The Morgan fingerprint density at radius 3 is 2.47 bits per heavy atom. The summed E-state index contributed by atoms with van der Waals surface area (Å²) in [6.07, 6.45) is 1.65. The number of ether oxygens (including phenoxy) is 1. The standard InChI is InChI=1S/C28H26ClFN2O3S/c1-3-31(4-2)21-14-13-20(25(16-21)35-18-19-9-6-5-7-10-19)15-26-27(33)32(28(34)36-26)17-22-23(29)11-8-12-24(22)30/h5-16H,3-4,17-18H2,1-2H3/b26-15+. The molecule has 0 saturated carbocycles. The zero-order chi connectivity index (χ0) is 25.7. The molecule has 0 radical (unpaired) electrons. The monoisotopic (exact) mass is 524 g/mol. The highest BCUT2D eigenvalue weighted by molar-refractivity contribution is 8.18. The van der Waals surface area contributed by atoms with Gasteiger partial charge in [0.15, 0.2) is 0 Å². The largest absolute Gasteiger partial charge is 0.488 e. The smallest absolute Gasteiger partial charge is 0.293 e. The van der Waals surface area contributed by atoms with E-state index in [0.717, 1.165) is 41.0 Å². The van der Waals surface area contributed by atoms with Gasteiger partial charge in [-0.1, -0.05) is 48.0 Å². The SMILES string of the molecule is CCN(CC)c1ccc(/C=C2/SC(=O)N(Cc3c(F)cccc3Cl)C2=O)c(OCc2ccccc2)c1. The molecule has 2 amide bonds. The normalized spacial score (nSPS) is 14.6. The summed E-state index contributed by atoms with van der Waals surface area (Å²) in [6, 6.07) is 19.9. The number of benzene rings is 3. The lowest BCUT2D eigenvalue weighted by Gasteiger charge is -2.22. The number of anilines is 1. The second-order valence-corrected chi connectivity index (χ2v) is 9.54. The van der Waals surface area contributed by atoms with Crippen molar-refractivity contribution < 1.29 is 18.7 Å². The minimum absolute atomic E-state index is 0.109. The Balaban J connectivity index is 1.63. The van der Waals surface area contributed by atoms with Gasteiger partial charge >= 0.3 is 0 Å². The van der Waals surface area contributed by atoms with Crippen LogP contribution in [0.1, 0.15) is 30.5 Å². The van der Waals surface area contributed by atoms with Crippen molar-refractivity contribution in [2.45, 2.75) is 27.0 Å². The van der Waals surface area contributed by atoms with Crippen LogP contribution in [0.2, 0.25) is 5.02 Å². The Kier molecular flexibility index (Phi) is 8.33. The number of hydrogen-bond acceptors (Lipinski definition) is 5. The van der Waals surface area contributed by atoms with Crippen LogP contribution >= 0.6 is 23.4 Å². The van der Waals surface area contributed by atoms with Crippen LogP contribution in [0.3, 0.4) is 0 Å². The molecule has 1 aliphatic rings. The summed E-state index contributed by atoms with van der Waals surface area (Å²) in [4.78, 5) is 29.2. The van der Waals surface area contributed by atoms with Crippen LogP contribution in [0, 0.1) is 5.82 Å². The van der Waals surface area contributed by atoms with Gasteiger partial charge in [-0.05, 0) is 61.5 Å². The number of rotatable bonds is 9. The van der Waals surface area contributed by atoms with Crippen molar-refractivity contribution in [3.05, 3.63) is 99.2 Å². The molecule has 1 fully saturated rings. The Morgan fingerprint density at radius 2 is 1.78 bits per heavy atom. The summed E-state index contributed by atoms with van der Waals surface area (Å²) in [6.45, 7) is 5.97. The molecule has 0 spiro atoms. The summed E-state index contributed by atoms with van der Waals surface area (Å²) in [5.74, 6) is -0.451. The van der Waals surface area contributed by atoms with Crippen molar-refractivity contribution in [2.24, 2.45) is 0 Å².